The second kappa shape index (κ2) is 7.09. The second-order valence-corrected chi connectivity index (χ2v) is 4.53. The fourth-order valence-corrected chi connectivity index (χ4v) is 2.21. The lowest BCUT2D eigenvalue weighted by atomic mass is 10.0. The number of nitrogens with zero attached hydrogens (tertiary/aromatic N) is 2. The number of hydrogen-bond acceptors (Lipinski definition) is 5. The van der Waals surface area contributed by atoms with Gasteiger partial charge in [0, 0.05) is 11.6 Å². The van der Waals surface area contributed by atoms with Crippen molar-refractivity contribution in [3.63, 3.8) is 0 Å². The number of nitro benzene ring substituents is 1. The number of hydrogen-bond donors (Lipinski definition) is 0. The molecule has 0 spiro atoms. The Kier molecular flexibility index (Phi) is 4.95. The highest BCUT2D eigenvalue weighted by atomic mass is 16.6. The van der Waals surface area contributed by atoms with Crippen molar-refractivity contribution in [1.82, 2.24) is 0 Å². The molecule has 0 atom stereocenters. The number of para-hydroxylation sites is 2. The van der Waals surface area contributed by atoms with Crippen LogP contribution in [0, 0.1) is 21.4 Å². The lowest BCUT2D eigenvalue weighted by molar-refractivity contribution is -0.385. The number of ether oxygens (including phenoxy) is 2. The maximum absolute atomic E-state index is 11.1. The molecule has 0 saturated carbocycles. The van der Waals surface area contributed by atoms with Gasteiger partial charge in [0.1, 0.15) is 6.07 Å². The van der Waals surface area contributed by atoms with Crippen LogP contribution in [-0.4, -0.2) is 19.1 Å². The Bertz CT molecular complexity index is 806. The van der Waals surface area contributed by atoms with E-state index in [0.29, 0.717) is 17.1 Å². The molecule has 0 saturated heterocycles. The first-order chi connectivity index (χ1) is 11.1. The summed E-state index contributed by atoms with van der Waals surface area (Å²) in [5.74, 6) is 0.974. The van der Waals surface area contributed by atoms with Crippen LogP contribution in [0.2, 0.25) is 0 Å². The van der Waals surface area contributed by atoms with Gasteiger partial charge in [0.2, 0.25) is 0 Å². The van der Waals surface area contributed by atoms with Crippen molar-refractivity contribution in [2.45, 2.75) is 0 Å². The lowest BCUT2D eigenvalue weighted by Crippen LogP contribution is -1.95. The van der Waals surface area contributed by atoms with Crippen LogP contribution < -0.4 is 9.47 Å². The van der Waals surface area contributed by atoms with E-state index in [4.69, 9.17) is 9.47 Å². The molecule has 0 aliphatic carbocycles. The van der Waals surface area contributed by atoms with Gasteiger partial charge in [-0.25, -0.2) is 0 Å². The predicted octanol–water partition coefficient (Wildman–Crippen LogP) is 3.68. The largest absolute Gasteiger partial charge is 0.493 e. The van der Waals surface area contributed by atoms with Crippen molar-refractivity contribution in [2.75, 3.05) is 14.2 Å². The summed E-state index contributed by atoms with van der Waals surface area (Å²) >= 11 is 0. The van der Waals surface area contributed by atoms with Gasteiger partial charge in [-0.2, -0.15) is 5.26 Å². The minimum absolute atomic E-state index is 0.123. The summed E-state index contributed by atoms with van der Waals surface area (Å²) in [5.41, 5.74) is 0.900. The summed E-state index contributed by atoms with van der Waals surface area (Å²) in [6.45, 7) is 0. The normalized spacial score (nSPS) is 10.7. The van der Waals surface area contributed by atoms with Crippen LogP contribution >= 0.6 is 0 Å². The molecule has 0 aliphatic rings. The van der Waals surface area contributed by atoms with Crippen molar-refractivity contribution in [3.05, 3.63) is 63.7 Å². The maximum atomic E-state index is 11.1. The molecule has 116 valence electrons. The molecular formula is C17H14N2O4. The molecule has 0 amide bonds. The molecule has 0 heterocycles. The Morgan fingerprint density at radius 3 is 2.52 bits per heavy atom. The number of rotatable bonds is 5. The molecule has 0 fully saturated rings. The Morgan fingerprint density at radius 2 is 1.91 bits per heavy atom. The molecule has 0 aliphatic heterocycles. The highest BCUT2D eigenvalue weighted by Crippen LogP contribution is 2.34. The van der Waals surface area contributed by atoms with E-state index < -0.39 is 4.92 Å². The van der Waals surface area contributed by atoms with Crippen molar-refractivity contribution in [3.8, 4) is 17.6 Å². The SMILES string of the molecule is COc1cccc(C=C(C#N)c2ccccc2[N+](=O)[O-])c1OC. The van der Waals surface area contributed by atoms with Crippen molar-refractivity contribution in [2.24, 2.45) is 0 Å². The Labute approximate surface area is 133 Å². The van der Waals surface area contributed by atoms with Crippen LogP contribution in [0.5, 0.6) is 11.5 Å². The van der Waals surface area contributed by atoms with Gasteiger partial charge in [-0.05, 0) is 18.2 Å². The van der Waals surface area contributed by atoms with Crippen LogP contribution in [0.3, 0.4) is 0 Å². The number of methoxy groups -OCH3 is 2. The molecule has 0 bridgehead atoms. The summed E-state index contributed by atoms with van der Waals surface area (Å²) < 4.78 is 10.5. The van der Waals surface area contributed by atoms with E-state index in [1.54, 1.807) is 42.5 Å². The average Bonchev–Trinajstić information content (AvgIpc) is 2.59. The fraction of sp³-hybridized carbons (Fsp3) is 0.118. The fourth-order valence-electron chi connectivity index (χ4n) is 2.21. The molecule has 2 rings (SSSR count). The summed E-state index contributed by atoms with van der Waals surface area (Å²) in [6.07, 6.45) is 1.55. The smallest absolute Gasteiger partial charge is 0.277 e. The van der Waals surface area contributed by atoms with Crippen molar-refractivity contribution < 1.29 is 14.4 Å². The van der Waals surface area contributed by atoms with E-state index in [0.717, 1.165) is 0 Å². The third kappa shape index (κ3) is 3.30. The standard InChI is InChI=1S/C17H14N2O4/c1-22-16-9-5-6-12(17(16)23-2)10-13(11-18)14-7-3-4-8-15(14)19(20)21/h3-10H,1-2H3. The zero-order chi connectivity index (χ0) is 16.8. The number of nitro groups is 1. The van der Waals surface area contributed by atoms with Crippen LogP contribution in [0.15, 0.2) is 42.5 Å². The van der Waals surface area contributed by atoms with Crippen LogP contribution in [0.25, 0.3) is 11.6 Å². The molecule has 2 aromatic rings. The number of allylic oxidation sites excluding steroid dienone is 1. The number of nitriles is 1. The Morgan fingerprint density at radius 1 is 1.17 bits per heavy atom. The lowest BCUT2D eigenvalue weighted by Gasteiger charge is -2.10. The first-order valence-electron chi connectivity index (χ1n) is 6.69. The zero-order valence-electron chi connectivity index (χ0n) is 12.6. The van der Waals surface area contributed by atoms with Crippen molar-refractivity contribution in [1.29, 1.82) is 5.26 Å². The third-order valence-corrected chi connectivity index (χ3v) is 3.24. The molecule has 2 aromatic carbocycles. The summed E-state index contributed by atoms with van der Waals surface area (Å²) in [7, 11) is 3.00. The van der Waals surface area contributed by atoms with Crippen LogP contribution in [-0.2, 0) is 0 Å². The maximum Gasteiger partial charge on any atom is 0.277 e. The molecule has 6 nitrogen and oxygen atoms in total. The molecule has 0 N–H and O–H groups in total. The van der Waals surface area contributed by atoms with E-state index in [9.17, 15) is 15.4 Å². The highest BCUT2D eigenvalue weighted by molar-refractivity contribution is 5.93. The topological polar surface area (TPSA) is 85.4 Å². The van der Waals surface area contributed by atoms with E-state index in [-0.39, 0.29) is 16.8 Å². The number of benzene rings is 2. The first-order valence-corrected chi connectivity index (χ1v) is 6.69. The average molecular weight is 310 g/mol. The zero-order valence-corrected chi connectivity index (χ0v) is 12.6. The molecule has 0 unspecified atom stereocenters. The Balaban J connectivity index is 2.62. The van der Waals surface area contributed by atoms with Gasteiger partial charge in [0.05, 0.1) is 30.3 Å². The molecule has 0 radical (unpaired) electrons. The second-order valence-electron chi connectivity index (χ2n) is 4.53. The molecule has 23 heavy (non-hydrogen) atoms. The summed E-state index contributed by atoms with van der Waals surface area (Å²) in [4.78, 5) is 10.6. The quantitative estimate of drug-likeness (QED) is 0.364. The predicted molar refractivity (Wildman–Crippen MR) is 86.1 cm³/mol. The summed E-state index contributed by atoms with van der Waals surface area (Å²) in [5, 5.41) is 20.6. The van der Waals surface area contributed by atoms with E-state index >= 15 is 0 Å². The monoisotopic (exact) mass is 310 g/mol. The van der Waals surface area contributed by atoms with E-state index in [2.05, 4.69) is 0 Å². The van der Waals surface area contributed by atoms with Gasteiger partial charge in [-0.3, -0.25) is 10.1 Å². The van der Waals surface area contributed by atoms with Crippen molar-refractivity contribution >= 4 is 17.3 Å². The van der Waals surface area contributed by atoms with Gasteiger partial charge >= 0.3 is 0 Å². The summed E-state index contributed by atoms with van der Waals surface area (Å²) in [6, 6.07) is 13.3. The minimum Gasteiger partial charge on any atom is -0.493 e. The van der Waals surface area contributed by atoms with Gasteiger partial charge in [-0.15, -0.1) is 0 Å². The van der Waals surface area contributed by atoms with Crippen LogP contribution in [0.1, 0.15) is 11.1 Å². The first kappa shape index (κ1) is 16.0. The van der Waals surface area contributed by atoms with Gasteiger partial charge < -0.3 is 9.47 Å². The Hall–Kier alpha value is -3.33. The van der Waals surface area contributed by atoms with Gasteiger partial charge in [0.25, 0.3) is 5.69 Å². The highest BCUT2D eigenvalue weighted by Gasteiger charge is 2.17. The molecule has 0 aromatic heterocycles. The van der Waals surface area contributed by atoms with Gasteiger partial charge in [0.15, 0.2) is 11.5 Å². The van der Waals surface area contributed by atoms with E-state index in [1.807, 2.05) is 6.07 Å². The third-order valence-electron chi connectivity index (χ3n) is 3.24. The molecule has 6 heteroatoms. The minimum atomic E-state index is -0.511. The van der Waals surface area contributed by atoms with E-state index in [1.165, 1.54) is 20.3 Å². The van der Waals surface area contributed by atoms with Gasteiger partial charge in [-0.1, -0.05) is 24.3 Å². The van der Waals surface area contributed by atoms with Crippen LogP contribution in [0.4, 0.5) is 5.69 Å². The molecular weight excluding hydrogens is 296 g/mol.